The molecule has 3 fully saturated rings. The average Bonchev–Trinajstić information content (AvgIpc) is 2.68. The molecule has 0 radical (unpaired) electrons. The lowest BCUT2D eigenvalue weighted by atomic mass is 9.84. The van der Waals surface area contributed by atoms with Crippen LogP contribution >= 0.6 is 0 Å². The van der Waals surface area contributed by atoms with Gasteiger partial charge in [0.25, 0.3) is 0 Å². The Morgan fingerprint density at radius 2 is 1.76 bits per heavy atom. The van der Waals surface area contributed by atoms with Crippen LogP contribution in [0.4, 0.5) is 0 Å². The second kappa shape index (κ2) is 9.33. The maximum atomic E-state index is 12.5. The molecule has 0 aromatic carbocycles. The molecule has 3 aliphatic rings. The van der Waals surface area contributed by atoms with E-state index in [2.05, 4.69) is 27.5 Å². The van der Waals surface area contributed by atoms with Gasteiger partial charge < -0.3 is 15.5 Å². The highest BCUT2D eigenvalue weighted by Crippen LogP contribution is 2.31. The number of amides is 1. The van der Waals surface area contributed by atoms with Crippen LogP contribution in [0.3, 0.4) is 0 Å². The van der Waals surface area contributed by atoms with E-state index in [9.17, 15) is 4.79 Å². The number of rotatable bonds is 6. The van der Waals surface area contributed by atoms with Crippen LogP contribution in [0.5, 0.6) is 0 Å². The zero-order valence-corrected chi connectivity index (χ0v) is 16.2. The van der Waals surface area contributed by atoms with Gasteiger partial charge in [-0.15, -0.1) is 0 Å². The van der Waals surface area contributed by atoms with E-state index in [1.54, 1.807) is 0 Å². The van der Waals surface area contributed by atoms with Crippen molar-refractivity contribution < 1.29 is 4.79 Å². The number of nitrogens with zero attached hydrogens (tertiary/aromatic N) is 2. The molecule has 3 rings (SSSR count). The van der Waals surface area contributed by atoms with Crippen LogP contribution in [-0.2, 0) is 4.79 Å². The lowest BCUT2D eigenvalue weighted by Gasteiger charge is -2.50. The van der Waals surface area contributed by atoms with Crippen molar-refractivity contribution >= 4 is 5.91 Å². The summed E-state index contributed by atoms with van der Waals surface area (Å²) in [4.78, 5) is 17.6. The van der Waals surface area contributed by atoms with Crippen LogP contribution in [0.25, 0.3) is 0 Å². The molecule has 0 saturated carbocycles. The molecule has 3 saturated heterocycles. The highest BCUT2D eigenvalue weighted by molar-refractivity contribution is 5.75. The Morgan fingerprint density at radius 3 is 2.44 bits per heavy atom. The molecule has 0 atom stereocenters. The van der Waals surface area contributed by atoms with Crippen molar-refractivity contribution in [3.63, 3.8) is 0 Å². The van der Waals surface area contributed by atoms with E-state index < -0.39 is 0 Å². The number of carbonyl (C=O) groups excluding carboxylic acids is 1. The molecule has 2 N–H and O–H groups in total. The van der Waals surface area contributed by atoms with E-state index >= 15 is 0 Å². The van der Waals surface area contributed by atoms with Gasteiger partial charge in [-0.3, -0.25) is 9.69 Å². The quantitative estimate of drug-likeness (QED) is 0.767. The monoisotopic (exact) mass is 350 g/mol. The SMILES string of the molecule is CN1CCC(CNC(=O)CCC2CCNCC2)(N2CCCCC2)CC1. The minimum Gasteiger partial charge on any atom is -0.354 e. The van der Waals surface area contributed by atoms with Crippen LogP contribution in [0.1, 0.15) is 57.8 Å². The highest BCUT2D eigenvalue weighted by atomic mass is 16.1. The summed E-state index contributed by atoms with van der Waals surface area (Å²) in [7, 11) is 2.22. The third kappa shape index (κ3) is 5.41. The first-order valence-electron chi connectivity index (χ1n) is 10.6. The Balaban J connectivity index is 1.48. The van der Waals surface area contributed by atoms with Crippen molar-refractivity contribution in [2.24, 2.45) is 5.92 Å². The van der Waals surface area contributed by atoms with E-state index in [0.29, 0.717) is 6.42 Å². The summed E-state index contributed by atoms with van der Waals surface area (Å²) in [6.07, 6.45) is 10.6. The van der Waals surface area contributed by atoms with Crippen molar-refractivity contribution in [2.75, 3.05) is 52.9 Å². The smallest absolute Gasteiger partial charge is 0.220 e. The number of piperidine rings is 3. The second-order valence-electron chi connectivity index (χ2n) is 8.58. The molecule has 1 amide bonds. The van der Waals surface area contributed by atoms with Gasteiger partial charge in [-0.05, 0) is 97.2 Å². The van der Waals surface area contributed by atoms with Crippen LogP contribution in [0.2, 0.25) is 0 Å². The molecule has 3 heterocycles. The van der Waals surface area contributed by atoms with Gasteiger partial charge in [-0.25, -0.2) is 0 Å². The molecule has 144 valence electrons. The molecule has 25 heavy (non-hydrogen) atoms. The van der Waals surface area contributed by atoms with Gasteiger partial charge in [-0.1, -0.05) is 6.42 Å². The topological polar surface area (TPSA) is 47.6 Å². The maximum Gasteiger partial charge on any atom is 0.220 e. The Hall–Kier alpha value is -0.650. The summed E-state index contributed by atoms with van der Waals surface area (Å²) in [6, 6.07) is 0. The molecule has 0 aromatic rings. The minimum atomic E-state index is 0.206. The molecular weight excluding hydrogens is 312 g/mol. The van der Waals surface area contributed by atoms with E-state index in [1.807, 2.05) is 0 Å². The fourth-order valence-corrected chi connectivity index (χ4v) is 4.86. The first-order valence-corrected chi connectivity index (χ1v) is 10.6. The predicted octanol–water partition coefficient (Wildman–Crippen LogP) is 1.83. The molecule has 0 bridgehead atoms. The number of hydrogen-bond donors (Lipinski definition) is 2. The lowest BCUT2D eigenvalue weighted by molar-refractivity contribution is -0.122. The summed E-state index contributed by atoms with van der Waals surface area (Å²) in [6.45, 7) is 7.84. The summed E-state index contributed by atoms with van der Waals surface area (Å²) in [5.41, 5.74) is 0.206. The van der Waals surface area contributed by atoms with Crippen molar-refractivity contribution in [3.05, 3.63) is 0 Å². The Bertz CT molecular complexity index is 408. The van der Waals surface area contributed by atoms with Gasteiger partial charge in [0.15, 0.2) is 0 Å². The zero-order chi connectivity index (χ0) is 17.5. The van der Waals surface area contributed by atoms with Crippen LogP contribution in [0, 0.1) is 5.92 Å². The Morgan fingerprint density at radius 1 is 1.08 bits per heavy atom. The van der Waals surface area contributed by atoms with Gasteiger partial charge in [0.1, 0.15) is 0 Å². The largest absolute Gasteiger partial charge is 0.354 e. The highest BCUT2D eigenvalue weighted by Gasteiger charge is 2.39. The molecule has 0 unspecified atom stereocenters. The zero-order valence-electron chi connectivity index (χ0n) is 16.2. The first-order chi connectivity index (χ1) is 12.2. The molecule has 3 aliphatic heterocycles. The lowest BCUT2D eigenvalue weighted by Crippen LogP contribution is -2.61. The minimum absolute atomic E-state index is 0.206. The number of carbonyl (C=O) groups is 1. The summed E-state index contributed by atoms with van der Waals surface area (Å²) < 4.78 is 0. The number of likely N-dealkylation sites (tertiary alicyclic amines) is 2. The third-order valence-corrected chi connectivity index (χ3v) is 6.80. The van der Waals surface area contributed by atoms with Gasteiger partial charge in [-0.2, -0.15) is 0 Å². The standard InChI is InChI=1S/C20H38N4O/c1-23-15-9-20(10-16-23,24-13-3-2-4-14-24)17-22-19(25)6-5-18-7-11-21-12-8-18/h18,21H,2-17H2,1H3,(H,22,25). The maximum absolute atomic E-state index is 12.5. The Labute approximate surface area is 153 Å². The normalized spacial score (nSPS) is 26.4. The van der Waals surface area contributed by atoms with Crippen molar-refractivity contribution in [3.8, 4) is 0 Å². The molecule has 0 aliphatic carbocycles. The van der Waals surface area contributed by atoms with Crippen molar-refractivity contribution in [1.29, 1.82) is 0 Å². The van der Waals surface area contributed by atoms with E-state index in [-0.39, 0.29) is 11.4 Å². The molecule has 0 aromatic heterocycles. The first kappa shape index (κ1) is 19.1. The van der Waals surface area contributed by atoms with Crippen LogP contribution in [0.15, 0.2) is 0 Å². The summed E-state index contributed by atoms with van der Waals surface area (Å²) in [5.74, 6) is 1.01. The van der Waals surface area contributed by atoms with Crippen LogP contribution < -0.4 is 10.6 Å². The van der Waals surface area contributed by atoms with E-state index in [0.717, 1.165) is 45.1 Å². The molecule has 5 heteroatoms. The van der Waals surface area contributed by atoms with Gasteiger partial charge >= 0.3 is 0 Å². The predicted molar refractivity (Wildman–Crippen MR) is 103 cm³/mol. The molecule has 5 nitrogen and oxygen atoms in total. The number of nitrogens with one attached hydrogen (secondary N) is 2. The number of hydrogen-bond acceptors (Lipinski definition) is 4. The van der Waals surface area contributed by atoms with Crippen molar-refractivity contribution in [1.82, 2.24) is 20.4 Å². The summed E-state index contributed by atoms with van der Waals surface area (Å²) >= 11 is 0. The van der Waals surface area contributed by atoms with E-state index in [1.165, 1.54) is 58.0 Å². The fraction of sp³-hybridized carbons (Fsp3) is 0.950. The average molecular weight is 351 g/mol. The van der Waals surface area contributed by atoms with Gasteiger partial charge in [0, 0.05) is 18.5 Å². The van der Waals surface area contributed by atoms with Crippen molar-refractivity contribution in [2.45, 2.75) is 63.3 Å². The van der Waals surface area contributed by atoms with Gasteiger partial charge in [0.2, 0.25) is 5.91 Å². The molecule has 0 spiro atoms. The molecular formula is C20H38N4O. The van der Waals surface area contributed by atoms with Crippen LogP contribution in [-0.4, -0.2) is 74.1 Å². The second-order valence-corrected chi connectivity index (χ2v) is 8.58. The fourth-order valence-electron chi connectivity index (χ4n) is 4.86. The van der Waals surface area contributed by atoms with E-state index in [4.69, 9.17) is 0 Å². The van der Waals surface area contributed by atoms with Gasteiger partial charge in [0.05, 0.1) is 0 Å². The third-order valence-electron chi connectivity index (χ3n) is 6.80. The Kier molecular flexibility index (Phi) is 7.14. The summed E-state index contributed by atoms with van der Waals surface area (Å²) in [5, 5.41) is 6.74.